The first kappa shape index (κ1) is 65.1. The summed E-state index contributed by atoms with van der Waals surface area (Å²) in [5.41, 5.74) is 7.32. The summed E-state index contributed by atoms with van der Waals surface area (Å²) in [5.74, 6) is -0.657. The lowest BCUT2D eigenvalue weighted by Gasteiger charge is -2.30. The Hall–Kier alpha value is -5.71. The number of carbonyl (C=O) groups excluding carboxylic acids is 4. The topological polar surface area (TPSA) is 408 Å². The lowest BCUT2D eigenvalue weighted by atomic mass is 9.87. The fourth-order valence-corrected chi connectivity index (χ4v) is 10.3. The van der Waals surface area contributed by atoms with E-state index in [1.54, 1.807) is 30.3 Å². The maximum absolute atomic E-state index is 13.4. The molecule has 1 aliphatic rings. The normalized spacial score (nSPS) is 18.4. The quantitative estimate of drug-likeness (QED) is 0.0111. The number of fused-ring (bicyclic) bond motifs is 1. The summed E-state index contributed by atoms with van der Waals surface area (Å²) in [4.78, 5) is 103. The molecule has 10 N–H and O–H groups in total. The smallest absolute Gasteiger partial charge is 0.481 e. The van der Waals surface area contributed by atoms with Gasteiger partial charge in [-0.1, -0.05) is 55.0 Å². The Morgan fingerprint density at radius 3 is 2.19 bits per heavy atom. The van der Waals surface area contributed by atoms with Crippen LogP contribution >= 0.6 is 35.2 Å². The van der Waals surface area contributed by atoms with Crippen molar-refractivity contribution in [2.45, 2.75) is 78.6 Å². The zero-order valence-corrected chi connectivity index (χ0v) is 47.7. The molecule has 32 heteroatoms. The van der Waals surface area contributed by atoms with Gasteiger partial charge in [0.2, 0.25) is 16.9 Å². The van der Waals surface area contributed by atoms with Gasteiger partial charge in [-0.25, -0.2) is 28.6 Å². The average molecular weight is 1200 g/mol. The van der Waals surface area contributed by atoms with E-state index >= 15 is 0 Å². The Morgan fingerprint density at radius 2 is 1.52 bits per heavy atom. The molecular weight excluding hydrogens is 1140 g/mol. The number of rotatable bonds is 31. The highest BCUT2D eigenvalue weighted by molar-refractivity contribution is 8.13. The highest BCUT2D eigenvalue weighted by atomic mass is 32.2. The number of nitrogens with one attached hydrogen (secondary N) is 2. The number of ketones is 1. The molecule has 1 saturated heterocycles. The molecule has 0 aliphatic carbocycles. The Labute approximate surface area is 463 Å². The molecule has 0 radical (unpaired) electrons. The first-order valence-electron chi connectivity index (χ1n) is 24.2. The monoisotopic (exact) mass is 1200 g/mol. The molecule has 28 nitrogen and oxygen atoms in total. The van der Waals surface area contributed by atoms with Gasteiger partial charge in [0.15, 0.2) is 30.1 Å². The van der Waals surface area contributed by atoms with E-state index in [1.807, 2.05) is 52.0 Å². The number of hydrogen-bond acceptors (Lipinski definition) is 22. The van der Waals surface area contributed by atoms with Gasteiger partial charge in [-0.2, -0.15) is 4.31 Å². The second-order valence-electron chi connectivity index (χ2n) is 18.7. The van der Waals surface area contributed by atoms with Gasteiger partial charge in [-0.3, -0.25) is 37.3 Å². The van der Waals surface area contributed by atoms with E-state index in [9.17, 15) is 62.7 Å². The molecule has 0 saturated carbocycles. The lowest BCUT2D eigenvalue weighted by Crippen LogP contribution is -2.46. The Kier molecular flexibility index (Phi) is 23.9. The van der Waals surface area contributed by atoms with Crippen LogP contribution in [-0.4, -0.2) is 148 Å². The van der Waals surface area contributed by atoms with E-state index in [1.165, 1.54) is 26.0 Å². The number of aliphatic hydroxyl groups is 2. The molecule has 4 aromatic rings. The van der Waals surface area contributed by atoms with Crippen molar-refractivity contribution in [3.05, 3.63) is 95.6 Å². The van der Waals surface area contributed by atoms with Crippen molar-refractivity contribution in [3.63, 3.8) is 0 Å². The Balaban J connectivity index is 1.03. The van der Waals surface area contributed by atoms with Gasteiger partial charge in [-0.05, 0) is 75.8 Å². The zero-order valence-electron chi connectivity index (χ0n) is 44.2. The summed E-state index contributed by atoms with van der Waals surface area (Å²) in [6.45, 7) is 8.21. The molecule has 1 fully saturated rings. The van der Waals surface area contributed by atoms with Crippen LogP contribution in [0.2, 0.25) is 0 Å². The van der Waals surface area contributed by atoms with Crippen LogP contribution < -0.4 is 30.6 Å². The van der Waals surface area contributed by atoms with Crippen LogP contribution in [0.1, 0.15) is 70.1 Å². The summed E-state index contributed by atoms with van der Waals surface area (Å²) in [6, 6.07) is 11.9. The third-order valence-corrected chi connectivity index (χ3v) is 15.1. The standard InChI is InChI=1S/C48H64N7O21P3S/c1-29(2)16-20-69-32-10-7-31(8-11-32)9-14-35(56)34-13-12-33(70-21-17-30(3)4)23-36(34)71-25-39(58)80-22-19-50-38(57)15-18-51-46(61)43(60)48(5,6)26-73-79(67,68)76-78(65,66)72-24-37-42(75-77(62,63)64)41(59)47(74-37)55-28-54-40-44(49)52-27-53-45(40)55/h7-14,16-17,23,27-28,37,41-43,47,59-60H,15,18-22,24-26H2,1-6H3,(H,50,57)(H,51,61)(H,65,66)(H,67,68)(H2,49,52,53)(H2,62,63,64)/b14-9+. The first-order valence-corrected chi connectivity index (χ1v) is 29.7. The van der Waals surface area contributed by atoms with Crippen LogP contribution in [0.25, 0.3) is 17.2 Å². The lowest BCUT2D eigenvalue weighted by molar-refractivity contribution is -0.137. The number of imidazole rings is 1. The van der Waals surface area contributed by atoms with E-state index in [2.05, 4.69) is 34.4 Å². The third-order valence-electron chi connectivity index (χ3n) is 11.1. The van der Waals surface area contributed by atoms with E-state index in [4.69, 9.17) is 33.7 Å². The molecule has 0 spiro atoms. The summed E-state index contributed by atoms with van der Waals surface area (Å²) >= 11 is 0.863. The Morgan fingerprint density at radius 1 is 0.875 bits per heavy atom. The maximum Gasteiger partial charge on any atom is 0.481 e. The molecule has 80 heavy (non-hydrogen) atoms. The van der Waals surface area contributed by atoms with Crippen molar-refractivity contribution in [2.75, 3.05) is 57.6 Å². The number of anilines is 1. The molecule has 1 aliphatic heterocycles. The third kappa shape index (κ3) is 20.7. The van der Waals surface area contributed by atoms with Gasteiger partial charge < -0.3 is 65.1 Å². The van der Waals surface area contributed by atoms with Crippen molar-refractivity contribution < 1.29 is 99.5 Å². The molecular formula is C48H64N7O21P3S. The number of ether oxygens (including phenoxy) is 4. The molecule has 2 aromatic heterocycles. The minimum atomic E-state index is -5.62. The predicted molar refractivity (Wildman–Crippen MR) is 289 cm³/mol. The van der Waals surface area contributed by atoms with E-state index in [-0.39, 0.29) is 65.9 Å². The van der Waals surface area contributed by atoms with E-state index in [0.717, 1.165) is 45.7 Å². The highest BCUT2D eigenvalue weighted by Gasteiger charge is 2.50. The van der Waals surface area contributed by atoms with Gasteiger partial charge in [-0.15, -0.1) is 0 Å². The minimum absolute atomic E-state index is 0.0153. The second-order valence-corrected chi connectivity index (χ2v) is 24.1. The first-order chi connectivity index (χ1) is 37.5. The number of allylic oxidation sites excluding steroid dienone is 3. The molecule has 3 heterocycles. The van der Waals surface area contributed by atoms with Gasteiger partial charge in [0, 0.05) is 36.7 Å². The molecule has 0 bridgehead atoms. The fraction of sp³-hybridized carbons (Fsp3) is 0.438. The average Bonchev–Trinajstić information content (AvgIpc) is 4.01. The van der Waals surface area contributed by atoms with E-state index < -0.39 is 96.3 Å². The number of nitrogens with zero attached hydrogens (tertiary/aromatic N) is 4. The summed E-state index contributed by atoms with van der Waals surface area (Å²) in [7, 11) is -16.5. The van der Waals surface area contributed by atoms with Gasteiger partial charge in [0.05, 0.1) is 25.1 Å². The number of aliphatic hydroxyl groups excluding tert-OH is 2. The molecule has 2 amide bonds. The van der Waals surface area contributed by atoms with Gasteiger partial charge >= 0.3 is 23.5 Å². The van der Waals surface area contributed by atoms with Crippen LogP contribution in [0.4, 0.5) is 5.82 Å². The number of hydrogen-bond donors (Lipinski definition) is 9. The van der Waals surface area contributed by atoms with E-state index in [0.29, 0.717) is 18.1 Å². The molecule has 7 atom stereocenters. The summed E-state index contributed by atoms with van der Waals surface area (Å²) in [6.07, 6.45) is -0.333. The number of phosphoric acid groups is 3. The van der Waals surface area contributed by atoms with Gasteiger partial charge in [0.25, 0.3) is 0 Å². The zero-order chi connectivity index (χ0) is 59.0. The molecule has 2 aromatic carbocycles. The summed E-state index contributed by atoms with van der Waals surface area (Å²) < 4.78 is 80.0. The Bertz CT molecular complexity index is 3050. The SMILES string of the molecule is CC(C)=CCOc1ccc(/C=C/C(=O)c2ccc(OCC=C(C)C)cc2OCC(=O)SCCNC(=O)CCNC(=O)C(O)C(C)(C)COP(=O)(O)OP(=O)(O)OCC2OC(n3cnc4c(N)ncnc43)C(O)C2OP(=O)(O)O)cc1. The number of aromatic nitrogens is 4. The van der Waals surface area contributed by atoms with Crippen LogP contribution in [0, 0.1) is 5.41 Å². The molecule has 438 valence electrons. The number of carbonyl (C=O) groups is 4. The fourth-order valence-electron chi connectivity index (χ4n) is 6.93. The van der Waals surface area contributed by atoms with Crippen LogP contribution in [0.3, 0.4) is 0 Å². The maximum atomic E-state index is 13.4. The highest BCUT2D eigenvalue weighted by Crippen LogP contribution is 2.61. The molecule has 5 rings (SSSR count). The number of nitrogens with two attached hydrogens (primary N) is 1. The van der Waals surface area contributed by atoms with Crippen molar-refractivity contribution in [1.29, 1.82) is 0 Å². The van der Waals surface area contributed by atoms with Crippen LogP contribution in [-0.2, 0) is 50.7 Å². The van der Waals surface area contributed by atoms with Crippen LogP contribution in [0.15, 0.2) is 84.5 Å². The van der Waals surface area contributed by atoms with Crippen molar-refractivity contribution >= 4 is 81.0 Å². The minimum Gasteiger partial charge on any atom is -0.490 e. The number of phosphoric ester groups is 3. The molecule has 7 unspecified atom stereocenters. The number of thioether (sulfide) groups is 1. The van der Waals surface area contributed by atoms with Crippen molar-refractivity contribution in [2.24, 2.45) is 5.41 Å². The summed E-state index contributed by atoms with van der Waals surface area (Å²) in [5, 5.41) is 26.2. The van der Waals surface area contributed by atoms with Crippen molar-refractivity contribution in [1.82, 2.24) is 30.2 Å². The van der Waals surface area contributed by atoms with Crippen LogP contribution in [0.5, 0.6) is 17.2 Å². The van der Waals surface area contributed by atoms with Crippen molar-refractivity contribution in [3.8, 4) is 17.2 Å². The number of nitrogen functional groups attached to an aromatic ring is 1. The number of benzene rings is 2. The predicted octanol–water partition coefficient (Wildman–Crippen LogP) is 4.33. The largest absolute Gasteiger partial charge is 0.490 e. The second kappa shape index (κ2) is 29.3. The number of amides is 2. The van der Waals surface area contributed by atoms with Gasteiger partial charge in [0.1, 0.15) is 66.7 Å².